The maximum atomic E-state index is 12.5. The molecule has 134 valence electrons. The van der Waals surface area contributed by atoms with Gasteiger partial charge < -0.3 is 9.88 Å². The van der Waals surface area contributed by atoms with Gasteiger partial charge in [-0.1, -0.05) is 42.3 Å². The van der Waals surface area contributed by atoms with Crippen molar-refractivity contribution in [3.05, 3.63) is 40.7 Å². The molecule has 1 atom stereocenters. The van der Waals surface area contributed by atoms with Crippen LogP contribution in [0.1, 0.15) is 50.0 Å². The van der Waals surface area contributed by atoms with Crippen molar-refractivity contribution >= 4 is 35.0 Å². The van der Waals surface area contributed by atoms with Gasteiger partial charge in [0.25, 0.3) is 0 Å². The lowest BCUT2D eigenvalue weighted by Crippen LogP contribution is -2.23. The second-order valence-electron chi connectivity index (χ2n) is 6.63. The van der Waals surface area contributed by atoms with Crippen LogP contribution >= 0.6 is 23.4 Å². The fourth-order valence-corrected chi connectivity index (χ4v) is 4.56. The number of anilines is 1. The fourth-order valence-electron chi connectivity index (χ4n) is 3.29. The van der Waals surface area contributed by atoms with E-state index in [2.05, 4.69) is 16.8 Å². The smallest absolute Gasteiger partial charge is 0.237 e. The third-order valence-corrected chi connectivity index (χ3v) is 6.09. The summed E-state index contributed by atoms with van der Waals surface area (Å²) in [4.78, 5) is 17.3. The van der Waals surface area contributed by atoms with E-state index in [1.807, 2.05) is 26.0 Å². The van der Waals surface area contributed by atoms with Gasteiger partial charge in [0.05, 0.1) is 10.9 Å². The first kappa shape index (κ1) is 18.3. The van der Waals surface area contributed by atoms with Crippen molar-refractivity contribution in [3.63, 3.8) is 0 Å². The van der Waals surface area contributed by atoms with Gasteiger partial charge in [0.1, 0.15) is 0 Å². The molecule has 1 aliphatic rings. The molecule has 3 rings (SSSR count). The summed E-state index contributed by atoms with van der Waals surface area (Å²) in [6.45, 7) is 6.09. The number of nitrogens with zero attached hydrogens (tertiary/aromatic N) is 2. The highest BCUT2D eigenvalue weighted by Crippen LogP contribution is 2.36. The molecular weight excluding hydrogens is 354 g/mol. The highest BCUT2D eigenvalue weighted by Gasteiger charge is 2.25. The Hall–Kier alpha value is -1.46. The number of hydrogen-bond donors (Lipinski definition) is 1. The number of benzene rings is 1. The number of hydrogen-bond acceptors (Lipinski definition) is 3. The van der Waals surface area contributed by atoms with Gasteiger partial charge >= 0.3 is 0 Å². The van der Waals surface area contributed by atoms with E-state index in [9.17, 15) is 4.79 Å². The predicted molar refractivity (Wildman–Crippen MR) is 105 cm³/mol. The van der Waals surface area contributed by atoms with E-state index in [4.69, 9.17) is 16.6 Å². The molecule has 0 unspecified atom stereocenters. The SMILES string of the molecule is Cc1nc(S[C@@H](C)C(=O)Nc2cccc(Cl)c2)n(C2CCCC2)c1C. The minimum Gasteiger partial charge on any atom is -0.325 e. The van der Waals surface area contributed by atoms with Crippen molar-refractivity contribution < 1.29 is 4.79 Å². The first-order valence-electron chi connectivity index (χ1n) is 8.74. The number of amides is 1. The number of nitrogens with one attached hydrogen (secondary N) is 1. The van der Waals surface area contributed by atoms with Crippen LogP contribution < -0.4 is 5.32 Å². The third-order valence-electron chi connectivity index (χ3n) is 4.79. The van der Waals surface area contributed by atoms with Crippen molar-refractivity contribution in [2.45, 2.75) is 62.9 Å². The minimum atomic E-state index is -0.236. The van der Waals surface area contributed by atoms with Crippen molar-refractivity contribution in [2.75, 3.05) is 5.32 Å². The Balaban J connectivity index is 1.73. The average Bonchev–Trinajstić information content (AvgIpc) is 3.16. The Bertz CT molecular complexity index is 768. The van der Waals surface area contributed by atoms with Gasteiger partial charge in [0, 0.05) is 22.4 Å². The number of aryl methyl sites for hydroxylation is 1. The predicted octanol–water partition coefficient (Wildman–Crippen LogP) is 5.39. The molecule has 1 heterocycles. The number of carbonyl (C=O) groups is 1. The number of halogens is 1. The topological polar surface area (TPSA) is 46.9 Å². The van der Waals surface area contributed by atoms with Crippen LogP contribution in [-0.2, 0) is 4.79 Å². The van der Waals surface area contributed by atoms with Crippen LogP contribution in [0, 0.1) is 13.8 Å². The maximum Gasteiger partial charge on any atom is 0.237 e. The highest BCUT2D eigenvalue weighted by molar-refractivity contribution is 8.00. The van der Waals surface area contributed by atoms with Gasteiger partial charge in [0.2, 0.25) is 5.91 Å². The summed E-state index contributed by atoms with van der Waals surface area (Å²) in [5, 5.41) is 4.26. The molecule has 2 aromatic rings. The Morgan fingerprint density at radius 1 is 1.36 bits per heavy atom. The molecule has 25 heavy (non-hydrogen) atoms. The Labute approximate surface area is 158 Å². The molecule has 1 saturated carbocycles. The molecule has 0 saturated heterocycles. The van der Waals surface area contributed by atoms with Crippen LogP contribution in [0.25, 0.3) is 0 Å². The summed E-state index contributed by atoms with van der Waals surface area (Å²) in [6.07, 6.45) is 4.95. The van der Waals surface area contributed by atoms with Crippen LogP contribution in [0.3, 0.4) is 0 Å². The molecule has 1 aliphatic carbocycles. The number of aromatic nitrogens is 2. The van der Waals surface area contributed by atoms with Gasteiger partial charge in [-0.2, -0.15) is 0 Å². The highest BCUT2D eigenvalue weighted by atomic mass is 35.5. The first-order chi connectivity index (χ1) is 12.0. The van der Waals surface area contributed by atoms with E-state index in [1.165, 1.54) is 43.1 Å². The zero-order valence-electron chi connectivity index (χ0n) is 14.9. The lowest BCUT2D eigenvalue weighted by molar-refractivity contribution is -0.115. The Kier molecular flexibility index (Phi) is 5.74. The van der Waals surface area contributed by atoms with Crippen LogP contribution in [0.2, 0.25) is 5.02 Å². The number of rotatable bonds is 5. The van der Waals surface area contributed by atoms with Crippen molar-refractivity contribution in [3.8, 4) is 0 Å². The third kappa shape index (κ3) is 4.21. The van der Waals surface area contributed by atoms with Gasteiger partial charge in [-0.15, -0.1) is 0 Å². The van der Waals surface area contributed by atoms with E-state index in [-0.39, 0.29) is 11.2 Å². The van der Waals surface area contributed by atoms with Gasteiger partial charge in [-0.3, -0.25) is 4.79 Å². The largest absolute Gasteiger partial charge is 0.325 e. The quantitative estimate of drug-likeness (QED) is 0.711. The lowest BCUT2D eigenvalue weighted by atomic mass is 10.2. The van der Waals surface area contributed by atoms with Crippen molar-refractivity contribution in [2.24, 2.45) is 0 Å². The fraction of sp³-hybridized carbons (Fsp3) is 0.474. The van der Waals surface area contributed by atoms with Gasteiger partial charge in [0.15, 0.2) is 5.16 Å². The molecule has 0 spiro atoms. The van der Waals surface area contributed by atoms with E-state index in [0.717, 1.165) is 16.5 Å². The standard InChI is InChI=1S/C19H24ClN3OS/c1-12-13(2)23(17-9-4-5-10-17)19(21-12)25-14(3)18(24)22-16-8-6-7-15(20)11-16/h6-8,11,14,17H,4-5,9-10H2,1-3H3,(H,22,24)/t14-/m0/s1. The molecule has 1 aromatic heterocycles. The average molecular weight is 378 g/mol. The summed E-state index contributed by atoms with van der Waals surface area (Å²) < 4.78 is 2.34. The molecule has 0 radical (unpaired) electrons. The van der Waals surface area contributed by atoms with Crippen LogP contribution in [-0.4, -0.2) is 20.7 Å². The number of imidazole rings is 1. The molecule has 0 aliphatic heterocycles. The molecule has 1 aromatic carbocycles. The molecule has 1 fully saturated rings. The minimum absolute atomic E-state index is 0.0384. The van der Waals surface area contributed by atoms with Crippen LogP contribution in [0.4, 0.5) is 5.69 Å². The number of carbonyl (C=O) groups excluding carboxylic acids is 1. The molecule has 0 bridgehead atoms. The van der Waals surface area contributed by atoms with E-state index in [1.54, 1.807) is 12.1 Å². The Morgan fingerprint density at radius 2 is 2.08 bits per heavy atom. The molecule has 6 heteroatoms. The second-order valence-corrected chi connectivity index (χ2v) is 8.38. The van der Waals surface area contributed by atoms with E-state index in [0.29, 0.717) is 11.1 Å². The first-order valence-corrected chi connectivity index (χ1v) is 10.00. The maximum absolute atomic E-state index is 12.5. The summed E-state index contributed by atoms with van der Waals surface area (Å²) in [6, 6.07) is 7.74. The van der Waals surface area contributed by atoms with Gasteiger partial charge in [-0.25, -0.2) is 4.98 Å². The Morgan fingerprint density at radius 3 is 2.76 bits per heavy atom. The summed E-state index contributed by atoms with van der Waals surface area (Å²) in [5.74, 6) is -0.0384. The molecular formula is C19H24ClN3OS. The second kappa shape index (κ2) is 7.83. The van der Waals surface area contributed by atoms with E-state index >= 15 is 0 Å². The molecule has 4 nitrogen and oxygen atoms in total. The van der Waals surface area contributed by atoms with Crippen LogP contribution in [0.5, 0.6) is 0 Å². The van der Waals surface area contributed by atoms with Crippen LogP contribution in [0.15, 0.2) is 29.4 Å². The molecule has 1 N–H and O–H groups in total. The summed E-state index contributed by atoms with van der Waals surface area (Å²) in [5.41, 5.74) is 2.99. The van der Waals surface area contributed by atoms with Gasteiger partial charge in [-0.05, 0) is 51.8 Å². The lowest BCUT2D eigenvalue weighted by Gasteiger charge is -2.18. The van der Waals surface area contributed by atoms with Crippen molar-refractivity contribution in [1.29, 1.82) is 0 Å². The summed E-state index contributed by atoms with van der Waals surface area (Å²) >= 11 is 7.51. The number of thioether (sulfide) groups is 1. The summed E-state index contributed by atoms with van der Waals surface area (Å²) in [7, 11) is 0. The zero-order valence-corrected chi connectivity index (χ0v) is 16.5. The van der Waals surface area contributed by atoms with E-state index < -0.39 is 0 Å². The van der Waals surface area contributed by atoms with Crippen molar-refractivity contribution in [1.82, 2.24) is 9.55 Å². The normalized spacial score (nSPS) is 16.2. The molecule has 1 amide bonds. The zero-order chi connectivity index (χ0) is 18.0. The monoisotopic (exact) mass is 377 g/mol.